The molecule has 1 aliphatic heterocycles. The van der Waals surface area contributed by atoms with Crippen LogP contribution in [0.2, 0.25) is 0 Å². The molecule has 1 heterocycles. The number of nitrogens with zero attached hydrogens (tertiary/aromatic N) is 1. The summed E-state index contributed by atoms with van der Waals surface area (Å²) in [6, 6.07) is 14.2. The highest BCUT2D eigenvalue weighted by Crippen LogP contribution is 2.25. The lowest BCUT2D eigenvalue weighted by atomic mass is 10.1. The Morgan fingerprint density at radius 3 is 2.41 bits per heavy atom. The maximum atomic E-state index is 12.7. The summed E-state index contributed by atoms with van der Waals surface area (Å²) in [6.07, 6.45) is 3.26. The van der Waals surface area contributed by atoms with Gasteiger partial charge >= 0.3 is 0 Å². The first-order valence-corrected chi connectivity index (χ1v) is 9.51. The Labute approximate surface area is 160 Å². The number of benzene rings is 2. The van der Waals surface area contributed by atoms with Crippen LogP contribution in [0, 0.1) is 0 Å². The zero-order valence-corrected chi connectivity index (χ0v) is 15.9. The molecule has 0 bridgehead atoms. The number of carbonyl (C=O) groups excluding carboxylic acids is 2. The molecule has 2 aromatic rings. The van der Waals surface area contributed by atoms with Crippen LogP contribution in [-0.2, 0) is 0 Å². The summed E-state index contributed by atoms with van der Waals surface area (Å²) in [4.78, 5) is 27.3. The number of hydrogen-bond donors (Lipinski definition) is 1. The fraction of sp³-hybridized carbons (Fsp3) is 0.364. The van der Waals surface area contributed by atoms with Gasteiger partial charge in [0.15, 0.2) is 0 Å². The first kappa shape index (κ1) is 19.0. The third-order valence-corrected chi connectivity index (χ3v) is 4.51. The Morgan fingerprint density at radius 2 is 1.67 bits per heavy atom. The van der Waals surface area contributed by atoms with E-state index in [1.807, 2.05) is 36.9 Å². The summed E-state index contributed by atoms with van der Waals surface area (Å²) in [7, 11) is 0. The van der Waals surface area contributed by atoms with Crippen molar-refractivity contribution in [3.63, 3.8) is 0 Å². The quantitative estimate of drug-likeness (QED) is 0.856. The molecule has 1 N–H and O–H groups in total. The SMILES string of the molecule is CC(C)Oc1ccccc1NC(=O)c1cccc(C(=O)N2CCCCC2)c1. The predicted molar refractivity (Wildman–Crippen MR) is 106 cm³/mol. The average molecular weight is 366 g/mol. The standard InChI is InChI=1S/C22H26N2O3/c1-16(2)27-20-12-5-4-11-19(20)23-21(25)17-9-8-10-18(15-17)22(26)24-13-6-3-7-14-24/h4-5,8-12,15-16H,3,6-7,13-14H2,1-2H3,(H,23,25). The van der Waals surface area contributed by atoms with Gasteiger partial charge in [-0.1, -0.05) is 18.2 Å². The van der Waals surface area contributed by atoms with E-state index in [4.69, 9.17) is 4.74 Å². The van der Waals surface area contributed by atoms with Crippen molar-refractivity contribution in [3.05, 3.63) is 59.7 Å². The number of anilines is 1. The minimum Gasteiger partial charge on any atom is -0.489 e. The summed E-state index contributed by atoms with van der Waals surface area (Å²) < 4.78 is 5.75. The van der Waals surface area contributed by atoms with Crippen LogP contribution in [0.15, 0.2) is 48.5 Å². The molecule has 142 valence electrons. The number of rotatable bonds is 5. The predicted octanol–water partition coefficient (Wildman–Crippen LogP) is 4.35. The van der Waals surface area contributed by atoms with E-state index >= 15 is 0 Å². The highest BCUT2D eigenvalue weighted by Gasteiger charge is 2.19. The molecule has 0 unspecified atom stereocenters. The number of carbonyl (C=O) groups is 2. The molecular formula is C22H26N2O3. The van der Waals surface area contributed by atoms with E-state index < -0.39 is 0 Å². The molecule has 0 atom stereocenters. The van der Waals surface area contributed by atoms with E-state index in [1.165, 1.54) is 6.42 Å². The van der Waals surface area contributed by atoms with Crippen LogP contribution in [0.4, 0.5) is 5.69 Å². The highest BCUT2D eigenvalue weighted by molar-refractivity contribution is 6.06. The third-order valence-electron chi connectivity index (χ3n) is 4.51. The normalized spacial score (nSPS) is 14.1. The summed E-state index contributed by atoms with van der Waals surface area (Å²) >= 11 is 0. The molecule has 0 saturated carbocycles. The van der Waals surface area contributed by atoms with Gasteiger partial charge in [-0.2, -0.15) is 0 Å². The van der Waals surface area contributed by atoms with Crippen LogP contribution >= 0.6 is 0 Å². The van der Waals surface area contributed by atoms with E-state index in [-0.39, 0.29) is 17.9 Å². The van der Waals surface area contributed by atoms with E-state index in [2.05, 4.69) is 5.32 Å². The Morgan fingerprint density at radius 1 is 0.963 bits per heavy atom. The molecule has 1 aliphatic rings. The van der Waals surface area contributed by atoms with Crippen LogP contribution in [-0.4, -0.2) is 35.9 Å². The molecule has 3 rings (SSSR count). The Bertz CT molecular complexity index is 811. The molecule has 0 aliphatic carbocycles. The van der Waals surface area contributed by atoms with Gasteiger partial charge in [0, 0.05) is 24.2 Å². The Hall–Kier alpha value is -2.82. The van der Waals surface area contributed by atoms with E-state index in [9.17, 15) is 9.59 Å². The van der Waals surface area contributed by atoms with Crippen molar-refractivity contribution in [2.45, 2.75) is 39.2 Å². The summed E-state index contributed by atoms with van der Waals surface area (Å²) in [5.41, 5.74) is 1.62. The van der Waals surface area contributed by atoms with Crippen LogP contribution in [0.25, 0.3) is 0 Å². The molecule has 1 fully saturated rings. The lowest BCUT2D eigenvalue weighted by Crippen LogP contribution is -2.35. The van der Waals surface area contributed by atoms with Gasteiger partial charge in [0.25, 0.3) is 11.8 Å². The van der Waals surface area contributed by atoms with Crippen LogP contribution in [0.1, 0.15) is 53.8 Å². The van der Waals surface area contributed by atoms with Crippen molar-refractivity contribution in [3.8, 4) is 5.75 Å². The van der Waals surface area contributed by atoms with E-state index in [1.54, 1.807) is 30.3 Å². The molecule has 2 amide bonds. The highest BCUT2D eigenvalue weighted by atomic mass is 16.5. The van der Waals surface area contributed by atoms with Crippen LogP contribution < -0.4 is 10.1 Å². The van der Waals surface area contributed by atoms with E-state index in [0.717, 1.165) is 25.9 Å². The number of piperidine rings is 1. The number of nitrogens with one attached hydrogen (secondary N) is 1. The van der Waals surface area contributed by atoms with Gasteiger partial charge in [-0.15, -0.1) is 0 Å². The van der Waals surface area contributed by atoms with Crippen molar-refractivity contribution in [1.29, 1.82) is 0 Å². The number of amides is 2. The molecule has 0 aromatic heterocycles. The van der Waals surface area contributed by atoms with Gasteiger partial charge in [0.2, 0.25) is 0 Å². The maximum absolute atomic E-state index is 12.7. The van der Waals surface area contributed by atoms with Crippen molar-refractivity contribution in [2.24, 2.45) is 0 Å². The Kier molecular flexibility index (Phi) is 6.12. The van der Waals surface area contributed by atoms with Gasteiger partial charge in [0.1, 0.15) is 5.75 Å². The largest absolute Gasteiger partial charge is 0.489 e. The van der Waals surface area contributed by atoms with Crippen LogP contribution in [0.3, 0.4) is 0 Å². The fourth-order valence-electron chi connectivity index (χ4n) is 3.19. The fourth-order valence-corrected chi connectivity index (χ4v) is 3.19. The number of hydrogen-bond acceptors (Lipinski definition) is 3. The monoisotopic (exact) mass is 366 g/mol. The van der Waals surface area contributed by atoms with Gasteiger partial charge in [-0.25, -0.2) is 0 Å². The van der Waals surface area contributed by atoms with Gasteiger partial charge in [-0.05, 0) is 63.4 Å². The lowest BCUT2D eigenvalue weighted by Gasteiger charge is -2.26. The molecule has 0 radical (unpaired) electrons. The molecule has 2 aromatic carbocycles. The molecule has 0 spiro atoms. The lowest BCUT2D eigenvalue weighted by molar-refractivity contribution is 0.0724. The number of para-hydroxylation sites is 2. The second kappa shape index (κ2) is 8.71. The van der Waals surface area contributed by atoms with Crippen molar-refractivity contribution < 1.29 is 14.3 Å². The molecule has 27 heavy (non-hydrogen) atoms. The molecule has 5 nitrogen and oxygen atoms in total. The number of ether oxygens (including phenoxy) is 1. The average Bonchev–Trinajstić information content (AvgIpc) is 2.69. The van der Waals surface area contributed by atoms with Crippen molar-refractivity contribution in [2.75, 3.05) is 18.4 Å². The van der Waals surface area contributed by atoms with Gasteiger partial charge in [-0.3, -0.25) is 9.59 Å². The van der Waals surface area contributed by atoms with Crippen LogP contribution in [0.5, 0.6) is 5.75 Å². The van der Waals surface area contributed by atoms with E-state index in [0.29, 0.717) is 22.6 Å². The summed E-state index contributed by atoms with van der Waals surface area (Å²) in [5.74, 6) is 0.359. The smallest absolute Gasteiger partial charge is 0.255 e. The minimum absolute atomic E-state index is 0.00658. The summed E-state index contributed by atoms with van der Waals surface area (Å²) in [6.45, 7) is 5.45. The third kappa shape index (κ3) is 4.88. The molecular weight excluding hydrogens is 340 g/mol. The number of likely N-dealkylation sites (tertiary alicyclic amines) is 1. The second-order valence-corrected chi connectivity index (χ2v) is 7.05. The van der Waals surface area contributed by atoms with Gasteiger partial charge < -0.3 is 15.0 Å². The van der Waals surface area contributed by atoms with Crippen molar-refractivity contribution in [1.82, 2.24) is 4.90 Å². The first-order chi connectivity index (χ1) is 13.0. The zero-order valence-electron chi connectivity index (χ0n) is 15.9. The van der Waals surface area contributed by atoms with Crippen molar-refractivity contribution >= 4 is 17.5 Å². The maximum Gasteiger partial charge on any atom is 0.255 e. The minimum atomic E-state index is -0.261. The van der Waals surface area contributed by atoms with Gasteiger partial charge in [0.05, 0.1) is 11.8 Å². The molecule has 5 heteroatoms. The summed E-state index contributed by atoms with van der Waals surface area (Å²) in [5, 5.41) is 2.89. The first-order valence-electron chi connectivity index (χ1n) is 9.51. The molecule has 1 saturated heterocycles. The Balaban J connectivity index is 1.75. The topological polar surface area (TPSA) is 58.6 Å². The zero-order chi connectivity index (χ0) is 19.2. The second-order valence-electron chi connectivity index (χ2n) is 7.05.